The van der Waals surface area contributed by atoms with Crippen molar-refractivity contribution >= 4 is 11.7 Å². The van der Waals surface area contributed by atoms with Crippen molar-refractivity contribution in [2.45, 2.75) is 25.7 Å². The van der Waals surface area contributed by atoms with Crippen molar-refractivity contribution < 1.29 is 9.90 Å². The molecule has 0 amide bonds. The Balaban J connectivity index is 1.66. The highest BCUT2D eigenvalue weighted by Gasteiger charge is 2.43. The van der Waals surface area contributed by atoms with Crippen molar-refractivity contribution in [2.24, 2.45) is 11.8 Å². The summed E-state index contributed by atoms with van der Waals surface area (Å²) in [5.74, 6) is -0.412. The maximum atomic E-state index is 10.8. The van der Waals surface area contributed by atoms with Crippen LogP contribution in [0, 0.1) is 11.8 Å². The fraction of sp³-hybridized carbons (Fsp3) is 0.533. The molecular weight excluding hydrogens is 226 g/mol. The zero-order chi connectivity index (χ0) is 12.7. The van der Waals surface area contributed by atoms with Crippen LogP contribution in [0.25, 0.3) is 0 Å². The smallest absolute Gasteiger partial charge is 0.306 e. The molecule has 1 N–H and O–H groups in total. The minimum absolute atomic E-state index is 0.109. The zero-order valence-electron chi connectivity index (χ0n) is 10.7. The lowest BCUT2D eigenvalue weighted by Crippen LogP contribution is -2.21. The highest BCUT2D eigenvalue weighted by Crippen LogP contribution is 2.39. The van der Waals surface area contributed by atoms with Crippen molar-refractivity contribution in [3.8, 4) is 0 Å². The molecule has 0 aliphatic heterocycles. The molecule has 0 aromatic heterocycles. The Bertz CT molecular complexity index is 483. The third kappa shape index (κ3) is 2.09. The fourth-order valence-corrected chi connectivity index (χ4v) is 3.00. The second kappa shape index (κ2) is 4.30. The monoisotopic (exact) mass is 245 g/mol. The number of hydrogen-bond acceptors (Lipinski definition) is 2. The first-order valence-corrected chi connectivity index (χ1v) is 6.71. The van der Waals surface area contributed by atoms with Crippen molar-refractivity contribution in [2.75, 3.05) is 18.5 Å². The van der Waals surface area contributed by atoms with E-state index in [9.17, 15) is 4.79 Å². The van der Waals surface area contributed by atoms with E-state index in [1.165, 1.54) is 36.1 Å². The van der Waals surface area contributed by atoms with Crippen molar-refractivity contribution in [3.05, 3.63) is 29.3 Å². The standard InChI is InChI=1S/C15H19NO2/c1-16(9-12-8-14(12)15(17)18)13-6-5-10-3-2-4-11(10)7-13/h5-7,12,14H,2-4,8-9H2,1H3,(H,17,18). The molecule has 96 valence electrons. The lowest BCUT2D eigenvalue weighted by atomic mass is 10.1. The van der Waals surface area contributed by atoms with E-state index in [1.54, 1.807) is 0 Å². The summed E-state index contributed by atoms with van der Waals surface area (Å²) in [6, 6.07) is 6.68. The molecule has 2 atom stereocenters. The van der Waals surface area contributed by atoms with Crippen molar-refractivity contribution in [3.63, 3.8) is 0 Å². The van der Waals surface area contributed by atoms with E-state index in [2.05, 4.69) is 30.1 Å². The molecule has 1 aromatic rings. The predicted octanol–water partition coefficient (Wildman–Crippen LogP) is 2.33. The largest absolute Gasteiger partial charge is 0.481 e. The van der Waals surface area contributed by atoms with Gasteiger partial charge in [-0.1, -0.05) is 6.07 Å². The van der Waals surface area contributed by atoms with Gasteiger partial charge in [-0.25, -0.2) is 0 Å². The second-order valence-corrected chi connectivity index (χ2v) is 5.63. The normalized spacial score (nSPS) is 24.7. The molecule has 0 radical (unpaired) electrons. The third-order valence-electron chi connectivity index (χ3n) is 4.27. The molecule has 3 nitrogen and oxygen atoms in total. The maximum absolute atomic E-state index is 10.8. The Morgan fingerprint density at radius 3 is 2.89 bits per heavy atom. The number of aryl methyl sites for hydroxylation is 2. The fourth-order valence-electron chi connectivity index (χ4n) is 3.00. The van der Waals surface area contributed by atoms with Crippen LogP contribution in [0.3, 0.4) is 0 Å². The minimum atomic E-state index is -0.637. The summed E-state index contributed by atoms with van der Waals surface area (Å²) < 4.78 is 0. The van der Waals surface area contributed by atoms with E-state index in [0.717, 1.165) is 13.0 Å². The summed E-state index contributed by atoms with van der Waals surface area (Å²) >= 11 is 0. The molecule has 1 saturated carbocycles. The maximum Gasteiger partial charge on any atom is 0.306 e. The number of carboxylic acid groups (broad SMARTS) is 1. The Morgan fingerprint density at radius 1 is 1.39 bits per heavy atom. The first kappa shape index (κ1) is 11.6. The second-order valence-electron chi connectivity index (χ2n) is 5.63. The Labute approximate surface area is 107 Å². The van der Waals surface area contributed by atoms with E-state index in [1.807, 2.05) is 0 Å². The summed E-state index contributed by atoms with van der Waals surface area (Å²) in [5, 5.41) is 8.92. The van der Waals surface area contributed by atoms with Gasteiger partial charge in [-0.3, -0.25) is 4.79 Å². The number of rotatable bonds is 4. The molecule has 2 unspecified atom stereocenters. The molecule has 1 fully saturated rings. The molecule has 3 heteroatoms. The lowest BCUT2D eigenvalue weighted by Gasteiger charge is -2.20. The topological polar surface area (TPSA) is 40.5 Å². The molecule has 1 aromatic carbocycles. The van der Waals surface area contributed by atoms with Crippen LogP contribution in [0.15, 0.2) is 18.2 Å². The zero-order valence-corrected chi connectivity index (χ0v) is 10.7. The van der Waals surface area contributed by atoms with Crippen LogP contribution >= 0.6 is 0 Å². The Morgan fingerprint density at radius 2 is 2.17 bits per heavy atom. The molecular formula is C15H19NO2. The summed E-state index contributed by atoms with van der Waals surface area (Å²) in [6.07, 6.45) is 4.51. The van der Waals surface area contributed by atoms with Gasteiger partial charge in [-0.2, -0.15) is 0 Å². The Hall–Kier alpha value is -1.51. The van der Waals surface area contributed by atoms with Crippen LogP contribution in [0.1, 0.15) is 24.0 Å². The van der Waals surface area contributed by atoms with Gasteiger partial charge in [0.2, 0.25) is 0 Å². The van der Waals surface area contributed by atoms with Gasteiger partial charge in [0.25, 0.3) is 0 Å². The average Bonchev–Trinajstić information content (AvgIpc) is 2.96. The number of nitrogens with zero attached hydrogens (tertiary/aromatic N) is 1. The average molecular weight is 245 g/mol. The molecule has 18 heavy (non-hydrogen) atoms. The van der Waals surface area contributed by atoms with Gasteiger partial charge in [-0.15, -0.1) is 0 Å². The first-order chi connectivity index (χ1) is 8.65. The summed E-state index contributed by atoms with van der Waals surface area (Å²) in [5.41, 5.74) is 4.19. The Kier molecular flexibility index (Phi) is 2.77. The number of fused-ring (bicyclic) bond motifs is 1. The van der Waals surface area contributed by atoms with Crippen LogP contribution in [-0.2, 0) is 17.6 Å². The van der Waals surface area contributed by atoms with Crippen molar-refractivity contribution in [1.29, 1.82) is 0 Å². The number of anilines is 1. The quantitative estimate of drug-likeness (QED) is 0.885. The molecule has 0 bridgehead atoms. The van der Waals surface area contributed by atoms with Gasteiger partial charge in [0, 0.05) is 19.3 Å². The van der Waals surface area contributed by atoms with Crippen LogP contribution < -0.4 is 4.90 Å². The van der Waals surface area contributed by atoms with Gasteiger partial charge < -0.3 is 10.0 Å². The number of benzene rings is 1. The molecule has 0 saturated heterocycles. The molecule has 2 aliphatic carbocycles. The number of carboxylic acids is 1. The van der Waals surface area contributed by atoms with E-state index in [4.69, 9.17) is 5.11 Å². The van der Waals surface area contributed by atoms with Crippen LogP contribution in [0.4, 0.5) is 5.69 Å². The van der Waals surface area contributed by atoms with Crippen LogP contribution in [-0.4, -0.2) is 24.7 Å². The molecule has 0 heterocycles. The molecule has 0 spiro atoms. The van der Waals surface area contributed by atoms with E-state index in [-0.39, 0.29) is 5.92 Å². The SMILES string of the molecule is CN(CC1CC1C(=O)O)c1ccc2c(c1)CCC2. The number of hydrogen-bond donors (Lipinski definition) is 1. The van der Waals surface area contributed by atoms with Crippen LogP contribution in [0.2, 0.25) is 0 Å². The van der Waals surface area contributed by atoms with Crippen molar-refractivity contribution in [1.82, 2.24) is 0 Å². The van der Waals surface area contributed by atoms with Gasteiger partial charge in [0.1, 0.15) is 0 Å². The van der Waals surface area contributed by atoms with Gasteiger partial charge in [0.05, 0.1) is 5.92 Å². The summed E-state index contributed by atoms with van der Waals surface area (Å²) in [6.45, 7) is 0.857. The molecule has 2 aliphatic rings. The van der Waals surface area contributed by atoms with Gasteiger partial charge in [0.15, 0.2) is 0 Å². The lowest BCUT2D eigenvalue weighted by molar-refractivity contribution is -0.138. The minimum Gasteiger partial charge on any atom is -0.481 e. The van der Waals surface area contributed by atoms with Gasteiger partial charge in [-0.05, 0) is 54.9 Å². The molecule has 3 rings (SSSR count). The highest BCUT2D eigenvalue weighted by atomic mass is 16.4. The van der Waals surface area contributed by atoms with E-state index < -0.39 is 5.97 Å². The first-order valence-electron chi connectivity index (χ1n) is 6.71. The third-order valence-corrected chi connectivity index (χ3v) is 4.27. The predicted molar refractivity (Wildman–Crippen MR) is 71.0 cm³/mol. The summed E-state index contributed by atoms with van der Waals surface area (Å²) in [4.78, 5) is 13.0. The number of carbonyl (C=O) groups is 1. The number of aliphatic carboxylic acids is 1. The highest BCUT2D eigenvalue weighted by molar-refractivity contribution is 5.73. The van der Waals surface area contributed by atoms with E-state index in [0.29, 0.717) is 5.92 Å². The summed E-state index contributed by atoms with van der Waals surface area (Å²) in [7, 11) is 2.06. The van der Waals surface area contributed by atoms with E-state index >= 15 is 0 Å². The van der Waals surface area contributed by atoms with Gasteiger partial charge >= 0.3 is 5.97 Å². The van der Waals surface area contributed by atoms with Crippen LogP contribution in [0.5, 0.6) is 0 Å².